The zero-order chi connectivity index (χ0) is 14.8. The van der Waals surface area contributed by atoms with Gasteiger partial charge in [-0.1, -0.05) is 0 Å². The van der Waals surface area contributed by atoms with Crippen molar-refractivity contribution in [1.82, 2.24) is 10.3 Å². The SMILES string of the molecule is COc1ccsc1C(=O)NC[C@@H]1CCCc2sc(C)nc21. The van der Waals surface area contributed by atoms with Crippen LogP contribution in [0.3, 0.4) is 0 Å². The number of nitrogens with zero attached hydrogens (tertiary/aromatic N) is 1. The van der Waals surface area contributed by atoms with Crippen molar-refractivity contribution in [2.45, 2.75) is 32.1 Å². The van der Waals surface area contributed by atoms with Crippen molar-refractivity contribution in [3.05, 3.63) is 31.9 Å². The minimum absolute atomic E-state index is 0.0547. The summed E-state index contributed by atoms with van der Waals surface area (Å²) in [7, 11) is 1.59. The number of rotatable bonds is 4. The van der Waals surface area contributed by atoms with Crippen molar-refractivity contribution in [3.8, 4) is 5.75 Å². The van der Waals surface area contributed by atoms with Crippen LogP contribution in [0.2, 0.25) is 0 Å². The summed E-state index contributed by atoms with van der Waals surface area (Å²) in [4.78, 5) is 18.9. The number of carbonyl (C=O) groups excluding carboxylic acids is 1. The van der Waals surface area contributed by atoms with Crippen molar-refractivity contribution in [3.63, 3.8) is 0 Å². The molecule has 1 atom stereocenters. The lowest BCUT2D eigenvalue weighted by molar-refractivity contribution is 0.0951. The summed E-state index contributed by atoms with van der Waals surface area (Å²) in [6.07, 6.45) is 3.40. The molecule has 0 unspecified atom stereocenters. The summed E-state index contributed by atoms with van der Waals surface area (Å²) in [5, 5.41) is 6.03. The van der Waals surface area contributed by atoms with E-state index < -0.39 is 0 Å². The molecule has 6 heteroatoms. The van der Waals surface area contributed by atoms with Crippen LogP contribution in [0.15, 0.2) is 11.4 Å². The van der Waals surface area contributed by atoms with E-state index in [1.54, 1.807) is 18.4 Å². The molecule has 0 fully saturated rings. The molecule has 2 aromatic rings. The van der Waals surface area contributed by atoms with Gasteiger partial charge in [0.25, 0.3) is 5.91 Å². The zero-order valence-corrected chi connectivity index (χ0v) is 13.8. The largest absolute Gasteiger partial charge is 0.495 e. The molecule has 0 aromatic carbocycles. The van der Waals surface area contributed by atoms with Gasteiger partial charge in [-0.2, -0.15) is 0 Å². The van der Waals surface area contributed by atoms with Crippen LogP contribution in [0.25, 0.3) is 0 Å². The highest BCUT2D eigenvalue weighted by atomic mass is 32.1. The van der Waals surface area contributed by atoms with E-state index in [1.807, 2.05) is 11.4 Å². The van der Waals surface area contributed by atoms with Crippen molar-refractivity contribution in [1.29, 1.82) is 0 Å². The predicted octanol–water partition coefficient (Wildman–Crippen LogP) is 3.37. The normalized spacial score (nSPS) is 17.3. The fraction of sp³-hybridized carbons (Fsp3) is 0.467. The lowest BCUT2D eigenvalue weighted by Gasteiger charge is -2.21. The fourth-order valence-electron chi connectivity index (χ4n) is 2.75. The van der Waals surface area contributed by atoms with Gasteiger partial charge in [-0.25, -0.2) is 4.98 Å². The Balaban J connectivity index is 1.67. The zero-order valence-electron chi connectivity index (χ0n) is 12.1. The first-order chi connectivity index (χ1) is 10.2. The molecule has 0 bridgehead atoms. The summed E-state index contributed by atoms with van der Waals surface area (Å²) in [6.45, 7) is 2.70. The van der Waals surface area contributed by atoms with Gasteiger partial charge in [0.15, 0.2) is 0 Å². The Bertz CT molecular complexity index is 648. The molecular formula is C15H18N2O2S2. The fourth-order valence-corrected chi connectivity index (χ4v) is 4.59. The van der Waals surface area contributed by atoms with Crippen LogP contribution in [-0.4, -0.2) is 24.5 Å². The predicted molar refractivity (Wildman–Crippen MR) is 85.7 cm³/mol. The van der Waals surface area contributed by atoms with Crippen molar-refractivity contribution in [2.75, 3.05) is 13.7 Å². The smallest absolute Gasteiger partial charge is 0.265 e. The standard InChI is InChI=1S/C15H18N2O2S2/c1-9-17-13-10(4-3-5-12(13)21-9)8-16-15(18)14-11(19-2)6-7-20-14/h6-7,10H,3-5,8H2,1-2H3,(H,16,18)/t10-/m0/s1. The Labute approximate surface area is 132 Å². The molecule has 112 valence electrons. The van der Waals surface area contributed by atoms with E-state index in [0.717, 1.165) is 17.8 Å². The number of nitrogens with one attached hydrogen (secondary N) is 1. The lowest BCUT2D eigenvalue weighted by Crippen LogP contribution is -2.29. The van der Waals surface area contributed by atoms with E-state index in [0.29, 0.717) is 23.1 Å². The van der Waals surface area contributed by atoms with Crippen LogP contribution in [0, 0.1) is 6.92 Å². The van der Waals surface area contributed by atoms with Gasteiger partial charge in [-0.3, -0.25) is 4.79 Å². The number of thiophene rings is 1. The number of carbonyl (C=O) groups is 1. The maximum atomic E-state index is 12.2. The second-order valence-corrected chi connectivity index (χ2v) is 7.36. The number of methoxy groups -OCH3 is 1. The molecule has 1 aliphatic rings. The van der Waals surface area contributed by atoms with Crippen LogP contribution < -0.4 is 10.1 Å². The second-order valence-electron chi connectivity index (χ2n) is 5.16. The highest BCUT2D eigenvalue weighted by molar-refractivity contribution is 7.12. The first-order valence-corrected chi connectivity index (χ1v) is 8.74. The number of hydrogen-bond donors (Lipinski definition) is 1. The Hall–Kier alpha value is -1.40. The van der Waals surface area contributed by atoms with Crippen LogP contribution in [0.1, 0.15) is 44.0 Å². The summed E-state index contributed by atoms with van der Waals surface area (Å²) in [6, 6.07) is 1.82. The van der Waals surface area contributed by atoms with Gasteiger partial charge in [0.2, 0.25) is 0 Å². The summed E-state index contributed by atoms with van der Waals surface area (Å²) in [5.74, 6) is 0.931. The maximum Gasteiger partial charge on any atom is 0.265 e. The van der Waals surface area contributed by atoms with Crippen LogP contribution in [0.5, 0.6) is 5.75 Å². The molecule has 0 radical (unpaired) electrons. The van der Waals surface area contributed by atoms with E-state index in [4.69, 9.17) is 4.74 Å². The third-order valence-corrected chi connectivity index (χ3v) is 5.68. The van der Waals surface area contributed by atoms with Gasteiger partial charge in [-0.05, 0) is 37.6 Å². The van der Waals surface area contributed by atoms with Gasteiger partial charge < -0.3 is 10.1 Å². The molecule has 0 spiro atoms. The number of aromatic nitrogens is 1. The number of ether oxygens (including phenoxy) is 1. The van der Waals surface area contributed by atoms with E-state index in [1.165, 1.54) is 28.3 Å². The van der Waals surface area contributed by atoms with E-state index in [2.05, 4.69) is 17.2 Å². The van der Waals surface area contributed by atoms with Crippen molar-refractivity contribution >= 4 is 28.6 Å². The molecule has 1 amide bonds. The van der Waals surface area contributed by atoms with E-state index >= 15 is 0 Å². The number of aryl methyl sites for hydroxylation is 2. The van der Waals surface area contributed by atoms with Gasteiger partial charge in [0.1, 0.15) is 10.6 Å². The Morgan fingerprint density at radius 1 is 1.57 bits per heavy atom. The molecule has 2 aromatic heterocycles. The molecule has 0 saturated heterocycles. The quantitative estimate of drug-likeness (QED) is 0.939. The second kappa shape index (κ2) is 6.15. The maximum absolute atomic E-state index is 12.2. The highest BCUT2D eigenvalue weighted by Gasteiger charge is 2.25. The van der Waals surface area contributed by atoms with E-state index in [-0.39, 0.29) is 5.91 Å². The average molecular weight is 322 g/mol. The Morgan fingerprint density at radius 2 is 2.43 bits per heavy atom. The van der Waals surface area contributed by atoms with Crippen LogP contribution in [-0.2, 0) is 6.42 Å². The van der Waals surface area contributed by atoms with Gasteiger partial charge in [-0.15, -0.1) is 22.7 Å². The molecule has 1 N–H and O–H groups in total. The number of thiazole rings is 1. The highest BCUT2D eigenvalue weighted by Crippen LogP contribution is 2.34. The first-order valence-electron chi connectivity index (χ1n) is 7.05. The first kappa shape index (κ1) is 14.5. The number of hydrogen-bond acceptors (Lipinski definition) is 5. The van der Waals surface area contributed by atoms with Crippen molar-refractivity contribution < 1.29 is 9.53 Å². The molecule has 21 heavy (non-hydrogen) atoms. The summed E-state index contributed by atoms with van der Waals surface area (Å²) >= 11 is 3.20. The van der Waals surface area contributed by atoms with Crippen LogP contribution >= 0.6 is 22.7 Å². The molecule has 1 aliphatic carbocycles. The van der Waals surface area contributed by atoms with E-state index in [9.17, 15) is 4.79 Å². The monoisotopic (exact) mass is 322 g/mol. The summed E-state index contributed by atoms with van der Waals surface area (Å²) < 4.78 is 5.20. The Morgan fingerprint density at radius 3 is 3.24 bits per heavy atom. The van der Waals surface area contributed by atoms with Crippen molar-refractivity contribution in [2.24, 2.45) is 0 Å². The van der Waals surface area contributed by atoms with Gasteiger partial charge in [0.05, 0.1) is 17.8 Å². The Kier molecular flexibility index (Phi) is 4.26. The van der Waals surface area contributed by atoms with Crippen LogP contribution in [0.4, 0.5) is 0 Å². The lowest BCUT2D eigenvalue weighted by atomic mass is 9.91. The summed E-state index contributed by atoms with van der Waals surface area (Å²) in [5.41, 5.74) is 1.20. The minimum Gasteiger partial charge on any atom is -0.495 e. The molecular weight excluding hydrogens is 304 g/mol. The average Bonchev–Trinajstić information content (AvgIpc) is 3.09. The molecule has 4 nitrogen and oxygen atoms in total. The molecule has 0 aliphatic heterocycles. The third kappa shape index (κ3) is 2.96. The van der Waals surface area contributed by atoms with Gasteiger partial charge >= 0.3 is 0 Å². The number of amides is 1. The number of fused-ring (bicyclic) bond motifs is 1. The topological polar surface area (TPSA) is 51.2 Å². The molecule has 0 saturated carbocycles. The molecule has 2 heterocycles. The minimum atomic E-state index is -0.0547. The third-order valence-electron chi connectivity index (χ3n) is 3.74. The molecule has 3 rings (SSSR count). The van der Waals surface area contributed by atoms with Gasteiger partial charge in [0, 0.05) is 17.3 Å².